The van der Waals surface area contributed by atoms with Crippen LogP contribution in [0, 0.1) is 27.7 Å². The molecule has 0 aromatic heterocycles. The molecule has 2 unspecified atom stereocenters. The summed E-state index contributed by atoms with van der Waals surface area (Å²) >= 11 is 0. The molecule has 2 atom stereocenters. The maximum atomic E-state index is 5.27. The van der Waals surface area contributed by atoms with Crippen LogP contribution in [-0.2, 0) is 21.7 Å². The van der Waals surface area contributed by atoms with Crippen molar-refractivity contribution in [2.75, 3.05) is 13.1 Å². The molecule has 0 aromatic rings. The van der Waals surface area contributed by atoms with Crippen LogP contribution in [0.2, 0.25) is 13.1 Å². The first kappa shape index (κ1) is 36.1. The molecular weight excluding hydrogens is 440 g/mol. The molecule has 1 fully saturated rings. The monoisotopic (exact) mass is 490 g/mol. The van der Waals surface area contributed by atoms with Crippen LogP contribution in [0.1, 0.15) is 53.4 Å². The number of hydrogen-bond acceptors (Lipinski definition) is 1. The van der Waals surface area contributed by atoms with Gasteiger partial charge in [0.1, 0.15) is 0 Å². The van der Waals surface area contributed by atoms with Crippen molar-refractivity contribution in [1.82, 2.24) is 4.90 Å². The standard InChI is InChI=1S/C20H33N2Si.C5H8.3CH3.Ti/c1-19(2,3)21-23(4,5)17-15-18(22-13-9-10-14-22)20(16-17)11-7-6-8-12-20;1-3-5-4-2;;;;/h6-8,11,15,18H,9-10,12-14,16H2,1-5H3;3-5H,1H2,2H3;3*1H3;/q-1;;3*-1;+4/b;5-4+;;;;. The molecule has 180 valence electrons. The van der Waals surface area contributed by atoms with E-state index in [0.717, 1.165) is 0 Å². The number of rotatable bonds is 4. The van der Waals surface area contributed by atoms with E-state index in [2.05, 4.69) is 75.7 Å². The van der Waals surface area contributed by atoms with Crippen LogP contribution in [0.3, 0.4) is 0 Å². The predicted molar refractivity (Wildman–Crippen MR) is 147 cm³/mol. The summed E-state index contributed by atoms with van der Waals surface area (Å²) in [5.41, 5.74) is 0.365. The molecule has 2 aliphatic carbocycles. The Morgan fingerprint density at radius 2 is 1.72 bits per heavy atom. The molecule has 0 saturated carbocycles. The van der Waals surface area contributed by atoms with Crippen LogP contribution in [0.15, 0.2) is 60.4 Å². The van der Waals surface area contributed by atoms with Gasteiger partial charge >= 0.3 is 21.7 Å². The van der Waals surface area contributed by atoms with E-state index < -0.39 is 8.24 Å². The molecule has 32 heavy (non-hydrogen) atoms. The first-order valence-electron chi connectivity index (χ1n) is 10.9. The molecule has 3 rings (SSSR count). The van der Waals surface area contributed by atoms with Crippen molar-refractivity contribution in [3.63, 3.8) is 0 Å². The number of nitrogens with zero attached hydrogens (tertiary/aromatic N) is 2. The smallest absolute Gasteiger partial charge is 0.656 e. The molecule has 1 heterocycles. The zero-order valence-electron chi connectivity index (χ0n) is 22.5. The average molecular weight is 491 g/mol. The van der Waals surface area contributed by atoms with Gasteiger partial charge in [-0.25, -0.2) is 0 Å². The Balaban J connectivity index is -0.000000849. The van der Waals surface area contributed by atoms with Gasteiger partial charge < -0.3 is 27.3 Å². The van der Waals surface area contributed by atoms with E-state index in [1.54, 1.807) is 11.3 Å². The van der Waals surface area contributed by atoms with E-state index >= 15 is 0 Å². The third-order valence-corrected chi connectivity index (χ3v) is 9.05. The van der Waals surface area contributed by atoms with Crippen molar-refractivity contribution in [3.8, 4) is 0 Å². The van der Waals surface area contributed by atoms with E-state index in [9.17, 15) is 0 Å². The summed E-state index contributed by atoms with van der Waals surface area (Å²) < 4.78 is 0. The Morgan fingerprint density at radius 1 is 1.12 bits per heavy atom. The number of hydrogen-bond donors (Lipinski definition) is 0. The molecule has 0 N–H and O–H groups in total. The Labute approximate surface area is 218 Å². The summed E-state index contributed by atoms with van der Waals surface area (Å²) in [5.74, 6) is 0. The normalized spacial score (nSPS) is 24.4. The van der Waals surface area contributed by atoms with Gasteiger partial charge in [0.25, 0.3) is 0 Å². The van der Waals surface area contributed by atoms with E-state index in [4.69, 9.17) is 4.98 Å². The van der Waals surface area contributed by atoms with Crippen LogP contribution < -0.4 is 0 Å². The Kier molecular flexibility index (Phi) is 17.4. The van der Waals surface area contributed by atoms with Crippen molar-refractivity contribution in [2.45, 2.75) is 78.1 Å². The summed E-state index contributed by atoms with van der Waals surface area (Å²) in [5, 5.41) is 1.67. The van der Waals surface area contributed by atoms with Gasteiger partial charge in [0, 0.05) is 11.5 Å². The summed E-state index contributed by atoms with van der Waals surface area (Å²) in [6.45, 7) is 19.6. The molecule has 1 aliphatic heterocycles. The van der Waals surface area contributed by atoms with Crippen molar-refractivity contribution < 1.29 is 21.7 Å². The van der Waals surface area contributed by atoms with Crippen molar-refractivity contribution >= 4 is 8.24 Å². The maximum absolute atomic E-state index is 5.27. The minimum absolute atomic E-state index is 0. The van der Waals surface area contributed by atoms with Gasteiger partial charge in [0.2, 0.25) is 0 Å². The third-order valence-electron chi connectivity index (χ3n) is 5.90. The zero-order chi connectivity index (χ0) is 20.8. The van der Waals surface area contributed by atoms with Crippen molar-refractivity contribution in [3.05, 3.63) is 87.6 Å². The fourth-order valence-electron chi connectivity index (χ4n) is 4.86. The quantitative estimate of drug-likeness (QED) is 0.220. The largest absolute Gasteiger partial charge is 4.00 e. The molecule has 0 bridgehead atoms. The Bertz CT molecular complexity index is 649. The van der Waals surface area contributed by atoms with Gasteiger partial charge in [-0.15, -0.1) is 10.7 Å². The second-order valence-electron chi connectivity index (χ2n) is 9.88. The van der Waals surface area contributed by atoms with Gasteiger partial charge in [-0.2, -0.15) is 0 Å². The first-order valence-corrected chi connectivity index (χ1v) is 13.9. The summed E-state index contributed by atoms with van der Waals surface area (Å²) in [7, 11) is -1.71. The van der Waals surface area contributed by atoms with Gasteiger partial charge in [-0.05, 0) is 53.9 Å². The topological polar surface area (TPSA) is 17.3 Å². The second kappa shape index (κ2) is 15.5. The zero-order valence-corrected chi connectivity index (χ0v) is 25.1. The van der Waals surface area contributed by atoms with Gasteiger partial charge in [0.15, 0.2) is 0 Å². The van der Waals surface area contributed by atoms with E-state index in [1.165, 1.54) is 38.8 Å². The van der Waals surface area contributed by atoms with Gasteiger partial charge in [0.05, 0.1) is 0 Å². The summed E-state index contributed by atoms with van der Waals surface area (Å²) in [4.78, 5) is 8.01. The molecule has 0 radical (unpaired) electrons. The summed E-state index contributed by atoms with van der Waals surface area (Å²) in [6.07, 6.45) is 22.7. The molecule has 4 heteroatoms. The van der Waals surface area contributed by atoms with Crippen LogP contribution >= 0.6 is 0 Å². The number of likely N-dealkylation sites (tertiary alicyclic amines) is 1. The summed E-state index contributed by atoms with van der Waals surface area (Å²) in [6, 6.07) is 0.586. The minimum atomic E-state index is -1.71. The first-order chi connectivity index (χ1) is 13.1. The molecule has 1 saturated heterocycles. The molecule has 3 aliphatic rings. The van der Waals surface area contributed by atoms with Crippen molar-refractivity contribution in [2.24, 2.45) is 5.41 Å². The Morgan fingerprint density at radius 3 is 2.12 bits per heavy atom. The molecule has 2 nitrogen and oxygen atoms in total. The van der Waals surface area contributed by atoms with Crippen LogP contribution in [0.25, 0.3) is 4.98 Å². The Hall–Kier alpha value is -0.449. The number of allylic oxidation sites excluding steroid dienone is 7. The fourth-order valence-corrected chi connectivity index (χ4v) is 8.01. The van der Waals surface area contributed by atoms with Gasteiger partial charge in [-0.1, -0.05) is 89.1 Å². The van der Waals surface area contributed by atoms with Gasteiger partial charge in [-0.3, -0.25) is 4.90 Å². The SMILES string of the molecule is C=C/C=C/C.CC(C)(C)[N-][Si](C)(C)C1=CC(N2CCCC2)C2(C=CC=CC2)C1.[CH3-].[CH3-].[CH3-].[Ti+4]. The molecule has 0 aromatic carbocycles. The maximum Gasteiger partial charge on any atom is 4.00 e. The molecule has 1 spiro atoms. The fraction of sp³-hybridized carbons (Fsp3) is 0.536. The average Bonchev–Trinajstić information content (AvgIpc) is 3.23. The third kappa shape index (κ3) is 9.81. The van der Waals surface area contributed by atoms with Crippen LogP contribution in [0.5, 0.6) is 0 Å². The van der Waals surface area contributed by atoms with Crippen molar-refractivity contribution in [1.29, 1.82) is 0 Å². The molecule has 0 amide bonds. The second-order valence-corrected chi connectivity index (χ2v) is 13.9. The van der Waals surface area contributed by atoms with E-state index in [-0.39, 0.29) is 49.5 Å². The van der Waals surface area contributed by atoms with E-state index in [0.29, 0.717) is 11.5 Å². The van der Waals surface area contributed by atoms with E-state index in [1.807, 2.05) is 19.1 Å². The minimum Gasteiger partial charge on any atom is -0.656 e. The van der Waals surface area contributed by atoms with Crippen LogP contribution in [-0.4, -0.2) is 37.8 Å². The molecular formula is C28H50N2SiTi. The van der Waals surface area contributed by atoms with Crippen LogP contribution in [0.4, 0.5) is 0 Å². The predicted octanol–water partition coefficient (Wildman–Crippen LogP) is 8.30.